The van der Waals surface area contributed by atoms with Crippen molar-refractivity contribution in [2.75, 3.05) is 25.4 Å². The number of piperidine rings is 1. The Kier molecular flexibility index (Phi) is 5.01. The number of rotatable bonds is 5. The second-order valence-corrected chi connectivity index (χ2v) is 7.35. The molecule has 0 radical (unpaired) electrons. The van der Waals surface area contributed by atoms with Crippen molar-refractivity contribution < 1.29 is 13.5 Å². The van der Waals surface area contributed by atoms with Crippen LogP contribution >= 0.6 is 0 Å². The number of benzene rings is 1. The summed E-state index contributed by atoms with van der Waals surface area (Å²) in [6, 6.07) is 7.00. The molecule has 0 amide bonds. The predicted octanol–water partition coefficient (Wildman–Crippen LogP) is 1.19. The lowest BCUT2D eigenvalue weighted by molar-refractivity contribution is 0.202. The number of sulfonamides is 1. The fraction of sp³-hybridized carbons (Fsp3) is 0.571. The van der Waals surface area contributed by atoms with Gasteiger partial charge in [-0.05, 0) is 42.9 Å². The molecule has 20 heavy (non-hydrogen) atoms. The van der Waals surface area contributed by atoms with Gasteiger partial charge in [0.2, 0.25) is 10.0 Å². The largest absolute Gasteiger partial charge is 0.399 e. The number of nitrogens with zero attached hydrogens (tertiary/aromatic N) is 1. The lowest BCUT2D eigenvalue weighted by Crippen LogP contribution is -2.40. The Balaban J connectivity index is 2.06. The average molecular weight is 298 g/mol. The summed E-state index contributed by atoms with van der Waals surface area (Å²) in [6.07, 6.45) is 2.52. The van der Waals surface area contributed by atoms with Gasteiger partial charge in [0, 0.05) is 25.4 Å². The minimum absolute atomic E-state index is 0.0100. The van der Waals surface area contributed by atoms with E-state index in [-0.39, 0.29) is 18.3 Å². The molecule has 5 nitrogen and oxygen atoms in total. The van der Waals surface area contributed by atoms with Crippen LogP contribution in [0.2, 0.25) is 0 Å². The van der Waals surface area contributed by atoms with Gasteiger partial charge in [-0.15, -0.1) is 0 Å². The van der Waals surface area contributed by atoms with Crippen LogP contribution in [0.5, 0.6) is 0 Å². The molecule has 1 saturated heterocycles. The fourth-order valence-electron chi connectivity index (χ4n) is 2.68. The third-order valence-corrected chi connectivity index (χ3v) is 5.53. The molecule has 0 aromatic heterocycles. The van der Waals surface area contributed by atoms with Gasteiger partial charge < -0.3 is 10.8 Å². The zero-order valence-electron chi connectivity index (χ0n) is 11.5. The lowest BCUT2D eigenvalue weighted by atomic mass is 9.97. The van der Waals surface area contributed by atoms with Crippen molar-refractivity contribution in [1.29, 1.82) is 0 Å². The highest BCUT2D eigenvalue weighted by Crippen LogP contribution is 2.23. The summed E-state index contributed by atoms with van der Waals surface area (Å²) in [6.45, 7) is 1.21. The van der Waals surface area contributed by atoms with Crippen LogP contribution in [0, 0.1) is 5.92 Å². The number of anilines is 1. The van der Waals surface area contributed by atoms with Gasteiger partial charge in [-0.1, -0.05) is 12.1 Å². The molecule has 3 N–H and O–H groups in total. The molecule has 1 unspecified atom stereocenters. The van der Waals surface area contributed by atoms with E-state index in [1.54, 1.807) is 28.6 Å². The monoisotopic (exact) mass is 298 g/mol. The Morgan fingerprint density at radius 3 is 2.90 bits per heavy atom. The van der Waals surface area contributed by atoms with Gasteiger partial charge in [0.1, 0.15) is 0 Å². The molecule has 0 aliphatic carbocycles. The number of nitrogen functional groups attached to an aromatic ring is 1. The number of hydrogen-bond acceptors (Lipinski definition) is 4. The number of aliphatic hydroxyl groups is 1. The first-order valence-electron chi connectivity index (χ1n) is 6.94. The van der Waals surface area contributed by atoms with Crippen molar-refractivity contribution in [3.05, 3.63) is 29.8 Å². The van der Waals surface area contributed by atoms with Crippen molar-refractivity contribution in [3.8, 4) is 0 Å². The van der Waals surface area contributed by atoms with E-state index in [0.29, 0.717) is 30.8 Å². The zero-order chi connectivity index (χ0) is 14.6. The minimum atomic E-state index is -3.31. The van der Waals surface area contributed by atoms with Crippen LogP contribution in [0.3, 0.4) is 0 Å². The molecule has 1 aromatic rings. The fourth-order valence-corrected chi connectivity index (χ4v) is 4.31. The Hall–Kier alpha value is -1.11. The van der Waals surface area contributed by atoms with Crippen LogP contribution in [-0.2, 0) is 15.8 Å². The molecule has 2 rings (SSSR count). The van der Waals surface area contributed by atoms with E-state index in [4.69, 9.17) is 10.8 Å². The van der Waals surface area contributed by atoms with Crippen LogP contribution < -0.4 is 5.73 Å². The first-order valence-corrected chi connectivity index (χ1v) is 8.55. The first-order chi connectivity index (χ1) is 9.51. The van der Waals surface area contributed by atoms with Crippen molar-refractivity contribution in [3.63, 3.8) is 0 Å². The van der Waals surface area contributed by atoms with Crippen molar-refractivity contribution in [2.24, 2.45) is 5.92 Å². The second-order valence-electron chi connectivity index (χ2n) is 5.38. The molecular weight excluding hydrogens is 276 g/mol. The molecule has 1 atom stereocenters. The van der Waals surface area contributed by atoms with E-state index in [2.05, 4.69) is 0 Å². The van der Waals surface area contributed by atoms with Crippen LogP contribution in [0.25, 0.3) is 0 Å². The van der Waals surface area contributed by atoms with Gasteiger partial charge in [-0.25, -0.2) is 12.7 Å². The maximum atomic E-state index is 12.4. The average Bonchev–Trinajstić information content (AvgIpc) is 2.39. The van der Waals surface area contributed by atoms with E-state index in [9.17, 15) is 8.42 Å². The SMILES string of the molecule is Nc1cccc(CS(=O)(=O)N2CCCC(CCO)C2)c1. The summed E-state index contributed by atoms with van der Waals surface area (Å²) in [5.41, 5.74) is 6.98. The second kappa shape index (κ2) is 6.56. The predicted molar refractivity (Wildman–Crippen MR) is 79.5 cm³/mol. The normalized spacial score (nSPS) is 20.9. The summed E-state index contributed by atoms with van der Waals surface area (Å²) in [4.78, 5) is 0. The van der Waals surface area contributed by atoms with E-state index in [0.717, 1.165) is 12.8 Å². The maximum absolute atomic E-state index is 12.4. The number of aliphatic hydroxyl groups excluding tert-OH is 1. The first kappa shape index (κ1) is 15.3. The highest BCUT2D eigenvalue weighted by atomic mass is 32.2. The van der Waals surface area contributed by atoms with E-state index in [1.165, 1.54) is 0 Å². The van der Waals surface area contributed by atoms with Crippen LogP contribution in [0.15, 0.2) is 24.3 Å². The molecule has 1 aliphatic heterocycles. The lowest BCUT2D eigenvalue weighted by Gasteiger charge is -2.31. The smallest absolute Gasteiger partial charge is 0.218 e. The molecule has 0 saturated carbocycles. The quantitative estimate of drug-likeness (QED) is 0.800. The molecule has 0 spiro atoms. The van der Waals surface area contributed by atoms with Crippen molar-refractivity contribution >= 4 is 15.7 Å². The highest BCUT2D eigenvalue weighted by molar-refractivity contribution is 7.88. The van der Waals surface area contributed by atoms with Crippen LogP contribution in [-0.4, -0.2) is 37.5 Å². The Labute approximate surface area is 120 Å². The van der Waals surface area contributed by atoms with E-state index < -0.39 is 10.0 Å². The van der Waals surface area contributed by atoms with E-state index >= 15 is 0 Å². The number of nitrogens with two attached hydrogens (primary N) is 1. The van der Waals surface area contributed by atoms with Crippen molar-refractivity contribution in [2.45, 2.75) is 25.0 Å². The third kappa shape index (κ3) is 3.94. The molecule has 0 bridgehead atoms. The van der Waals surface area contributed by atoms with Gasteiger partial charge >= 0.3 is 0 Å². The standard InChI is InChI=1S/C14H22N2O3S/c15-14-5-1-3-13(9-14)11-20(18,19)16-7-2-4-12(10-16)6-8-17/h1,3,5,9,12,17H,2,4,6-8,10-11,15H2. The summed E-state index contributed by atoms with van der Waals surface area (Å²) < 4.78 is 26.4. The molecule has 6 heteroatoms. The molecule has 1 aromatic carbocycles. The third-order valence-electron chi connectivity index (χ3n) is 3.71. The molecular formula is C14H22N2O3S. The molecule has 1 heterocycles. The van der Waals surface area contributed by atoms with E-state index in [1.807, 2.05) is 0 Å². The summed E-state index contributed by atoms with van der Waals surface area (Å²) >= 11 is 0. The topological polar surface area (TPSA) is 83.6 Å². The van der Waals surface area contributed by atoms with Crippen LogP contribution in [0.1, 0.15) is 24.8 Å². The van der Waals surface area contributed by atoms with Gasteiger partial charge in [-0.2, -0.15) is 0 Å². The van der Waals surface area contributed by atoms with Crippen molar-refractivity contribution in [1.82, 2.24) is 4.31 Å². The zero-order valence-corrected chi connectivity index (χ0v) is 12.3. The van der Waals surface area contributed by atoms with Crippen LogP contribution in [0.4, 0.5) is 5.69 Å². The molecule has 1 aliphatic rings. The Morgan fingerprint density at radius 1 is 1.40 bits per heavy atom. The molecule has 112 valence electrons. The Morgan fingerprint density at radius 2 is 2.20 bits per heavy atom. The summed E-state index contributed by atoms with van der Waals surface area (Å²) in [5, 5.41) is 8.99. The summed E-state index contributed by atoms with van der Waals surface area (Å²) in [7, 11) is -3.31. The van der Waals surface area contributed by atoms with Gasteiger partial charge in [-0.3, -0.25) is 0 Å². The highest BCUT2D eigenvalue weighted by Gasteiger charge is 2.28. The van der Waals surface area contributed by atoms with Gasteiger partial charge in [0.15, 0.2) is 0 Å². The molecule has 1 fully saturated rings. The van der Waals surface area contributed by atoms with Gasteiger partial charge in [0.05, 0.1) is 5.75 Å². The van der Waals surface area contributed by atoms with Gasteiger partial charge in [0.25, 0.3) is 0 Å². The maximum Gasteiger partial charge on any atom is 0.218 e. The minimum Gasteiger partial charge on any atom is -0.399 e. The summed E-state index contributed by atoms with van der Waals surface area (Å²) in [5.74, 6) is 0.258. The Bertz CT molecular complexity index is 543. The number of hydrogen-bond donors (Lipinski definition) is 2.